The van der Waals surface area contributed by atoms with Crippen LogP contribution in [0.15, 0.2) is 18.2 Å². The molecule has 0 aliphatic carbocycles. The number of rotatable bonds is 3. The van der Waals surface area contributed by atoms with E-state index >= 15 is 0 Å². The van der Waals surface area contributed by atoms with E-state index < -0.39 is 0 Å². The number of H-pyrrole nitrogens is 1. The molecule has 2 aromatic rings. The molecule has 2 amide bonds. The third kappa shape index (κ3) is 2.74. The van der Waals surface area contributed by atoms with Crippen molar-refractivity contribution in [1.82, 2.24) is 15.6 Å². The molecule has 6 heteroatoms. The van der Waals surface area contributed by atoms with Crippen LogP contribution in [0.4, 0.5) is 0 Å². The minimum Gasteiger partial charge on any atom is -0.358 e. The molecule has 1 aromatic carbocycles. The van der Waals surface area contributed by atoms with Crippen LogP contribution in [0.5, 0.6) is 0 Å². The van der Waals surface area contributed by atoms with Gasteiger partial charge in [-0.3, -0.25) is 9.59 Å². The number of hydrogen-bond donors (Lipinski definition) is 3. The van der Waals surface area contributed by atoms with Crippen LogP contribution in [0.25, 0.3) is 10.9 Å². The van der Waals surface area contributed by atoms with E-state index in [2.05, 4.69) is 15.6 Å². The maximum absolute atomic E-state index is 12.4. The van der Waals surface area contributed by atoms with E-state index in [4.69, 9.17) is 11.6 Å². The van der Waals surface area contributed by atoms with Crippen molar-refractivity contribution in [3.05, 3.63) is 34.5 Å². The minimum atomic E-state index is -0.139. The van der Waals surface area contributed by atoms with Crippen molar-refractivity contribution in [1.29, 1.82) is 0 Å². The number of hydrogen-bond acceptors (Lipinski definition) is 2. The van der Waals surface area contributed by atoms with Crippen molar-refractivity contribution >= 4 is 34.3 Å². The summed E-state index contributed by atoms with van der Waals surface area (Å²) >= 11 is 6.01. The van der Waals surface area contributed by atoms with Gasteiger partial charge in [-0.1, -0.05) is 11.6 Å². The lowest BCUT2D eigenvalue weighted by atomic mass is 10.1. The SMILES string of the molecule is Cc1[nH]c2ccc(Cl)cc2c1C(=O)NCC1CNC(=O)C1. The summed E-state index contributed by atoms with van der Waals surface area (Å²) in [4.78, 5) is 26.7. The number of halogens is 1. The number of fused-ring (bicyclic) bond motifs is 1. The first kappa shape index (κ1) is 13.9. The molecule has 0 saturated carbocycles. The summed E-state index contributed by atoms with van der Waals surface area (Å²) in [6.45, 7) is 2.98. The summed E-state index contributed by atoms with van der Waals surface area (Å²) in [6, 6.07) is 5.44. The number of aromatic amines is 1. The average molecular weight is 306 g/mol. The Morgan fingerprint density at radius 2 is 2.29 bits per heavy atom. The maximum Gasteiger partial charge on any atom is 0.253 e. The Kier molecular flexibility index (Phi) is 3.59. The van der Waals surface area contributed by atoms with Crippen LogP contribution < -0.4 is 10.6 Å². The molecule has 1 unspecified atom stereocenters. The molecule has 1 aliphatic heterocycles. The molecule has 0 bridgehead atoms. The summed E-state index contributed by atoms with van der Waals surface area (Å²) in [5, 5.41) is 7.08. The standard InChI is InChI=1S/C15H16ClN3O2/c1-8-14(11-5-10(16)2-3-12(11)19-8)15(21)18-7-9-4-13(20)17-6-9/h2-3,5,9,19H,4,6-7H2,1H3,(H,17,20)(H,18,21). The number of aromatic nitrogens is 1. The fourth-order valence-electron chi connectivity index (χ4n) is 2.73. The van der Waals surface area contributed by atoms with E-state index in [1.54, 1.807) is 12.1 Å². The van der Waals surface area contributed by atoms with Gasteiger partial charge in [0.25, 0.3) is 5.91 Å². The second kappa shape index (κ2) is 5.41. The Bertz CT molecular complexity index is 723. The second-order valence-electron chi connectivity index (χ2n) is 5.40. The average Bonchev–Trinajstić information content (AvgIpc) is 2.98. The van der Waals surface area contributed by atoms with Gasteiger partial charge in [0.15, 0.2) is 0 Å². The first-order chi connectivity index (χ1) is 10.0. The molecule has 1 atom stereocenters. The number of benzene rings is 1. The molecule has 2 heterocycles. The normalized spacial score (nSPS) is 18.0. The van der Waals surface area contributed by atoms with Gasteiger partial charge in [-0.25, -0.2) is 0 Å². The third-order valence-electron chi connectivity index (χ3n) is 3.79. The second-order valence-corrected chi connectivity index (χ2v) is 5.84. The molecular weight excluding hydrogens is 290 g/mol. The first-order valence-electron chi connectivity index (χ1n) is 6.87. The Morgan fingerprint density at radius 3 is 3.00 bits per heavy atom. The molecule has 5 nitrogen and oxygen atoms in total. The van der Waals surface area contributed by atoms with Crippen molar-refractivity contribution in [2.24, 2.45) is 5.92 Å². The zero-order valence-electron chi connectivity index (χ0n) is 11.6. The van der Waals surface area contributed by atoms with E-state index in [1.165, 1.54) is 0 Å². The van der Waals surface area contributed by atoms with Crippen molar-refractivity contribution in [2.75, 3.05) is 13.1 Å². The topological polar surface area (TPSA) is 74.0 Å². The number of nitrogens with one attached hydrogen (secondary N) is 3. The van der Waals surface area contributed by atoms with E-state index in [0.717, 1.165) is 16.6 Å². The highest BCUT2D eigenvalue weighted by atomic mass is 35.5. The van der Waals surface area contributed by atoms with Gasteiger partial charge in [0, 0.05) is 47.0 Å². The summed E-state index contributed by atoms with van der Waals surface area (Å²) in [6.07, 6.45) is 0.471. The summed E-state index contributed by atoms with van der Waals surface area (Å²) in [5.74, 6) is 0.0696. The fourth-order valence-corrected chi connectivity index (χ4v) is 2.90. The van der Waals surface area contributed by atoms with Gasteiger partial charge < -0.3 is 15.6 Å². The lowest BCUT2D eigenvalue weighted by Crippen LogP contribution is -2.30. The van der Waals surface area contributed by atoms with Gasteiger partial charge >= 0.3 is 0 Å². The van der Waals surface area contributed by atoms with Crippen molar-refractivity contribution < 1.29 is 9.59 Å². The summed E-state index contributed by atoms with van der Waals surface area (Å²) in [5.41, 5.74) is 2.31. The molecule has 1 aromatic heterocycles. The van der Waals surface area contributed by atoms with E-state index in [0.29, 0.717) is 30.1 Å². The Labute approximate surface area is 127 Å². The molecule has 3 N–H and O–H groups in total. The van der Waals surface area contributed by atoms with Gasteiger partial charge in [0.1, 0.15) is 0 Å². The zero-order valence-corrected chi connectivity index (χ0v) is 12.4. The monoisotopic (exact) mass is 305 g/mol. The predicted octanol–water partition coefficient (Wildman–Crippen LogP) is 2.00. The molecule has 0 spiro atoms. The minimum absolute atomic E-state index is 0.0457. The van der Waals surface area contributed by atoms with Gasteiger partial charge in [0.05, 0.1) is 5.56 Å². The van der Waals surface area contributed by atoms with Crippen LogP contribution in [-0.2, 0) is 4.79 Å². The van der Waals surface area contributed by atoms with Gasteiger partial charge in [0.2, 0.25) is 5.91 Å². The smallest absolute Gasteiger partial charge is 0.253 e. The molecular formula is C15H16ClN3O2. The highest BCUT2D eigenvalue weighted by Gasteiger charge is 2.23. The third-order valence-corrected chi connectivity index (χ3v) is 4.02. The quantitative estimate of drug-likeness (QED) is 0.811. The molecule has 1 fully saturated rings. The van der Waals surface area contributed by atoms with Crippen molar-refractivity contribution in [3.63, 3.8) is 0 Å². The molecule has 21 heavy (non-hydrogen) atoms. The number of amides is 2. The van der Waals surface area contributed by atoms with Crippen LogP contribution in [-0.4, -0.2) is 29.9 Å². The maximum atomic E-state index is 12.4. The number of aryl methyl sites for hydroxylation is 1. The van der Waals surface area contributed by atoms with Crippen LogP contribution in [0.1, 0.15) is 22.5 Å². The number of carbonyl (C=O) groups excluding carboxylic acids is 2. The van der Waals surface area contributed by atoms with Crippen molar-refractivity contribution in [2.45, 2.75) is 13.3 Å². The van der Waals surface area contributed by atoms with E-state index in [-0.39, 0.29) is 17.7 Å². The first-order valence-corrected chi connectivity index (χ1v) is 7.25. The zero-order chi connectivity index (χ0) is 15.0. The van der Waals surface area contributed by atoms with E-state index in [1.807, 2.05) is 13.0 Å². The summed E-state index contributed by atoms with van der Waals surface area (Å²) in [7, 11) is 0. The van der Waals surface area contributed by atoms with Crippen molar-refractivity contribution in [3.8, 4) is 0 Å². The van der Waals surface area contributed by atoms with Gasteiger partial charge in [-0.15, -0.1) is 0 Å². The molecule has 110 valence electrons. The van der Waals surface area contributed by atoms with Crippen LogP contribution in [0.2, 0.25) is 5.02 Å². The highest BCUT2D eigenvalue weighted by molar-refractivity contribution is 6.31. The largest absolute Gasteiger partial charge is 0.358 e. The Morgan fingerprint density at radius 1 is 1.48 bits per heavy atom. The lowest BCUT2D eigenvalue weighted by Gasteiger charge is -2.09. The molecule has 0 radical (unpaired) electrons. The van der Waals surface area contributed by atoms with Crippen LogP contribution in [0, 0.1) is 12.8 Å². The molecule has 1 saturated heterocycles. The lowest BCUT2D eigenvalue weighted by molar-refractivity contribution is -0.119. The molecule has 3 rings (SSSR count). The van der Waals surface area contributed by atoms with E-state index in [9.17, 15) is 9.59 Å². The highest BCUT2D eigenvalue weighted by Crippen LogP contribution is 2.25. The Balaban J connectivity index is 1.79. The fraction of sp³-hybridized carbons (Fsp3) is 0.333. The van der Waals surface area contributed by atoms with Crippen LogP contribution in [0.3, 0.4) is 0 Å². The molecule has 1 aliphatic rings. The number of carbonyl (C=O) groups is 2. The van der Waals surface area contributed by atoms with Gasteiger partial charge in [-0.2, -0.15) is 0 Å². The van der Waals surface area contributed by atoms with Crippen LogP contribution >= 0.6 is 11.6 Å². The Hall–Kier alpha value is -2.01. The summed E-state index contributed by atoms with van der Waals surface area (Å²) < 4.78 is 0. The predicted molar refractivity (Wildman–Crippen MR) is 81.5 cm³/mol. The van der Waals surface area contributed by atoms with Gasteiger partial charge in [-0.05, 0) is 25.1 Å².